The maximum Gasteiger partial charge on any atom is 0.276 e. The van der Waals surface area contributed by atoms with Crippen LogP contribution in [0.15, 0.2) is 45.9 Å². The van der Waals surface area contributed by atoms with E-state index >= 15 is 0 Å². The van der Waals surface area contributed by atoms with Crippen molar-refractivity contribution in [3.63, 3.8) is 0 Å². The molecule has 0 aliphatic carbocycles. The number of carbonyl (C=O) groups is 1. The molecule has 1 N–H and O–H groups in total. The molecule has 2 fully saturated rings. The van der Waals surface area contributed by atoms with Crippen molar-refractivity contribution in [2.24, 2.45) is 0 Å². The van der Waals surface area contributed by atoms with Crippen molar-refractivity contribution in [3.8, 4) is 5.75 Å². The summed E-state index contributed by atoms with van der Waals surface area (Å²) < 4.78 is 37.6. The Hall–Kier alpha value is -2.36. The molecule has 0 unspecified atom stereocenters. The number of likely N-dealkylation sites (tertiary alicyclic amines) is 1. The molecule has 2 aliphatic heterocycles. The molecule has 0 radical (unpaired) electrons. The average molecular weight is 434 g/mol. The molecular weight excluding hydrogens is 406 g/mol. The molecular formula is C21H27N3O5S. The van der Waals surface area contributed by atoms with E-state index in [4.69, 9.17) is 9.15 Å². The van der Waals surface area contributed by atoms with Gasteiger partial charge < -0.3 is 14.5 Å². The maximum atomic E-state index is 12.8. The van der Waals surface area contributed by atoms with E-state index in [1.54, 1.807) is 37.4 Å². The summed E-state index contributed by atoms with van der Waals surface area (Å²) in [7, 11) is -1.97. The highest BCUT2D eigenvalue weighted by Crippen LogP contribution is 2.26. The highest BCUT2D eigenvalue weighted by atomic mass is 32.2. The Bertz CT molecular complexity index is 980. The molecule has 1 aromatic carbocycles. The van der Waals surface area contributed by atoms with Crippen LogP contribution in [-0.4, -0.2) is 56.3 Å². The lowest BCUT2D eigenvalue weighted by Gasteiger charge is -2.22. The van der Waals surface area contributed by atoms with Crippen molar-refractivity contribution in [1.82, 2.24) is 9.21 Å². The van der Waals surface area contributed by atoms with Gasteiger partial charge in [0.25, 0.3) is 10.0 Å². The summed E-state index contributed by atoms with van der Waals surface area (Å²) in [6, 6.07) is 10.1. The Labute approximate surface area is 176 Å². The second-order valence-corrected chi connectivity index (χ2v) is 9.55. The van der Waals surface area contributed by atoms with Crippen LogP contribution >= 0.6 is 0 Å². The molecule has 0 spiro atoms. The lowest BCUT2D eigenvalue weighted by atomic mass is 10.2. The third-order valence-corrected chi connectivity index (χ3v) is 7.45. The van der Waals surface area contributed by atoms with Crippen LogP contribution < -0.4 is 10.1 Å². The maximum absolute atomic E-state index is 12.8. The topological polar surface area (TPSA) is 92.1 Å². The molecule has 9 heteroatoms. The van der Waals surface area contributed by atoms with Gasteiger partial charge in [0.15, 0.2) is 0 Å². The molecule has 1 amide bonds. The first-order valence-corrected chi connectivity index (χ1v) is 11.7. The fourth-order valence-corrected chi connectivity index (χ4v) is 5.50. The summed E-state index contributed by atoms with van der Waals surface area (Å²) in [6.45, 7) is 2.24. The number of ether oxygens (including phenoxy) is 1. The van der Waals surface area contributed by atoms with Gasteiger partial charge in [0, 0.05) is 18.8 Å². The fourth-order valence-electron chi connectivity index (χ4n) is 4.05. The summed E-state index contributed by atoms with van der Waals surface area (Å²) in [4.78, 5) is 14.8. The zero-order valence-electron chi connectivity index (χ0n) is 17.0. The van der Waals surface area contributed by atoms with Gasteiger partial charge in [-0.2, -0.15) is 4.31 Å². The summed E-state index contributed by atoms with van der Waals surface area (Å²) in [5.41, 5.74) is 0.713. The second kappa shape index (κ2) is 8.79. The standard InChI is InChI=1S/C21H27N3O5S/c1-28-17-8-6-16(7-9-17)22-21(25)19-5-4-12-23(19)15-18-10-11-20(29-18)30(26,27)24-13-2-3-14-24/h6-11,19H,2-5,12-15H2,1H3,(H,22,25)/t19-/m1/s1. The summed E-state index contributed by atoms with van der Waals surface area (Å²) in [5.74, 6) is 1.21. The molecule has 2 aromatic rings. The highest BCUT2D eigenvalue weighted by Gasteiger charge is 2.33. The molecule has 4 rings (SSSR count). The lowest BCUT2D eigenvalue weighted by molar-refractivity contribution is -0.120. The van der Waals surface area contributed by atoms with Gasteiger partial charge in [0.2, 0.25) is 11.0 Å². The smallest absolute Gasteiger partial charge is 0.276 e. The summed E-state index contributed by atoms with van der Waals surface area (Å²) in [5, 5.41) is 2.93. The lowest BCUT2D eigenvalue weighted by Crippen LogP contribution is -2.39. The number of hydrogen-bond acceptors (Lipinski definition) is 6. The molecule has 2 saturated heterocycles. The first kappa shape index (κ1) is 20.9. The van der Waals surface area contributed by atoms with Gasteiger partial charge in [-0.05, 0) is 68.6 Å². The number of hydrogen-bond donors (Lipinski definition) is 1. The third-order valence-electron chi connectivity index (χ3n) is 5.68. The minimum absolute atomic E-state index is 0.0159. The van der Waals surface area contributed by atoms with Gasteiger partial charge >= 0.3 is 0 Å². The minimum Gasteiger partial charge on any atom is -0.497 e. The van der Waals surface area contributed by atoms with Gasteiger partial charge in [0.05, 0.1) is 19.7 Å². The van der Waals surface area contributed by atoms with Gasteiger partial charge in [-0.25, -0.2) is 8.42 Å². The van der Waals surface area contributed by atoms with Crippen LogP contribution in [0.1, 0.15) is 31.4 Å². The Morgan fingerprint density at radius 1 is 1.10 bits per heavy atom. The number of carbonyl (C=O) groups excluding carboxylic acids is 1. The zero-order valence-corrected chi connectivity index (χ0v) is 17.9. The first-order valence-electron chi connectivity index (χ1n) is 10.3. The highest BCUT2D eigenvalue weighted by molar-refractivity contribution is 7.89. The number of furan rings is 1. The largest absolute Gasteiger partial charge is 0.497 e. The van der Waals surface area contributed by atoms with Crippen molar-refractivity contribution in [2.75, 3.05) is 32.1 Å². The minimum atomic E-state index is -3.57. The first-order chi connectivity index (χ1) is 14.5. The predicted molar refractivity (Wildman–Crippen MR) is 112 cm³/mol. The van der Waals surface area contributed by atoms with Crippen LogP contribution in [0.5, 0.6) is 5.75 Å². The van der Waals surface area contributed by atoms with E-state index in [0.717, 1.165) is 38.0 Å². The Morgan fingerprint density at radius 2 is 1.83 bits per heavy atom. The van der Waals surface area contributed by atoms with Gasteiger partial charge in [-0.3, -0.25) is 9.69 Å². The normalized spacial score (nSPS) is 20.5. The van der Waals surface area contributed by atoms with Gasteiger partial charge in [-0.1, -0.05) is 0 Å². The van der Waals surface area contributed by atoms with Crippen LogP contribution in [0.25, 0.3) is 0 Å². The van der Waals surface area contributed by atoms with E-state index in [0.29, 0.717) is 31.1 Å². The molecule has 162 valence electrons. The Balaban J connectivity index is 1.40. The Kier molecular flexibility index (Phi) is 6.12. The van der Waals surface area contributed by atoms with E-state index < -0.39 is 10.0 Å². The molecule has 1 atom stereocenters. The molecule has 0 saturated carbocycles. The van der Waals surface area contributed by atoms with Gasteiger partial charge in [0.1, 0.15) is 11.5 Å². The van der Waals surface area contributed by atoms with Crippen LogP contribution in [0.4, 0.5) is 5.69 Å². The van der Waals surface area contributed by atoms with Gasteiger partial charge in [-0.15, -0.1) is 0 Å². The fraction of sp³-hybridized carbons (Fsp3) is 0.476. The molecule has 2 aliphatic rings. The molecule has 1 aromatic heterocycles. The van der Waals surface area contributed by atoms with Crippen LogP contribution in [-0.2, 0) is 21.4 Å². The zero-order chi connectivity index (χ0) is 21.1. The van der Waals surface area contributed by atoms with E-state index in [1.807, 2.05) is 4.90 Å². The molecule has 8 nitrogen and oxygen atoms in total. The van der Waals surface area contributed by atoms with Crippen LogP contribution in [0.3, 0.4) is 0 Å². The number of nitrogens with zero attached hydrogens (tertiary/aromatic N) is 2. The average Bonchev–Trinajstić information content (AvgIpc) is 3.51. The van der Waals surface area contributed by atoms with E-state index in [9.17, 15) is 13.2 Å². The number of methoxy groups -OCH3 is 1. The van der Waals surface area contributed by atoms with Crippen molar-refractivity contribution in [3.05, 3.63) is 42.2 Å². The number of anilines is 1. The summed E-state index contributed by atoms with van der Waals surface area (Å²) >= 11 is 0. The van der Waals surface area contributed by atoms with Crippen molar-refractivity contribution in [2.45, 2.75) is 43.4 Å². The number of amides is 1. The molecule has 3 heterocycles. The molecule has 30 heavy (non-hydrogen) atoms. The number of benzene rings is 1. The SMILES string of the molecule is COc1ccc(NC(=O)[C@H]2CCCN2Cc2ccc(S(=O)(=O)N3CCCC3)o2)cc1. The van der Waals surface area contributed by atoms with Crippen molar-refractivity contribution >= 4 is 21.6 Å². The van der Waals surface area contributed by atoms with Crippen LogP contribution in [0.2, 0.25) is 0 Å². The second-order valence-electron chi connectivity index (χ2n) is 7.68. The quantitative estimate of drug-likeness (QED) is 0.722. The number of nitrogens with one attached hydrogen (secondary N) is 1. The third kappa shape index (κ3) is 4.38. The van der Waals surface area contributed by atoms with Crippen molar-refractivity contribution < 1.29 is 22.4 Å². The summed E-state index contributed by atoms with van der Waals surface area (Å²) in [6.07, 6.45) is 3.42. The van der Waals surface area contributed by atoms with Crippen molar-refractivity contribution in [1.29, 1.82) is 0 Å². The number of sulfonamides is 1. The van der Waals surface area contributed by atoms with E-state index in [-0.39, 0.29) is 17.0 Å². The molecule has 0 bridgehead atoms. The Morgan fingerprint density at radius 3 is 2.53 bits per heavy atom. The number of rotatable bonds is 7. The van der Waals surface area contributed by atoms with E-state index in [2.05, 4.69) is 5.32 Å². The monoisotopic (exact) mass is 433 g/mol. The van der Waals surface area contributed by atoms with Crippen LogP contribution in [0, 0.1) is 0 Å². The van der Waals surface area contributed by atoms with E-state index in [1.165, 1.54) is 10.4 Å². The predicted octanol–water partition coefficient (Wildman–Crippen LogP) is 2.68.